The molecule has 0 spiro atoms. The topological polar surface area (TPSA) is 112 Å². The second kappa shape index (κ2) is 9.64. The van der Waals surface area contributed by atoms with Crippen LogP contribution in [0.4, 0.5) is 14.5 Å². The molecule has 0 aliphatic heterocycles. The number of hydrogen-bond acceptors (Lipinski definition) is 6. The molecule has 3 aromatic heterocycles. The van der Waals surface area contributed by atoms with E-state index in [4.69, 9.17) is 33.7 Å². The molecule has 0 radical (unpaired) electrons. The Morgan fingerprint density at radius 3 is 2.61 bits per heavy atom. The van der Waals surface area contributed by atoms with Crippen molar-refractivity contribution in [3.8, 4) is 5.75 Å². The number of benzene rings is 1. The van der Waals surface area contributed by atoms with Crippen LogP contribution in [0.15, 0.2) is 36.5 Å². The Morgan fingerprint density at radius 2 is 1.97 bits per heavy atom. The molecule has 8 nitrogen and oxygen atoms in total. The van der Waals surface area contributed by atoms with Crippen LogP contribution in [0.3, 0.4) is 0 Å². The summed E-state index contributed by atoms with van der Waals surface area (Å²) in [5.41, 5.74) is 5.96. The molecule has 36 heavy (non-hydrogen) atoms. The molecule has 3 N–H and O–H groups in total. The smallest absolute Gasteiger partial charge is 0.280 e. The molecule has 186 valence electrons. The number of alkyl halides is 2. The van der Waals surface area contributed by atoms with Gasteiger partial charge in [-0.15, -0.1) is 11.3 Å². The summed E-state index contributed by atoms with van der Waals surface area (Å²) in [6.07, 6.45) is 0.385. The Morgan fingerprint density at radius 1 is 1.25 bits per heavy atom. The SMILES string of the molecule is NC(=O)c1sc2nc(C(F)F)cc(C3CC3)c2c1NC(=O)c1ccn(COc2c(Cl)cccc2Cl)n1. The molecule has 0 unspecified atom stereocenters. The molecule has 2 amide bonds. The fourth-order valence-electron chi connectivity index (χ4n) is 3.75. The summed E-state index contributed by atoms with van der Waals surface area (Å²) in [4.78, 5) is 29.4. The molecule has 3 heterocycles. The van der Waals surface area contributed by atoms with Gasteiger partial charge >= 0.3 is 0 Å². The summed E-state index contributed by atoms with van der Waals surface area (Å²) in [5.74, 6) is -1.09. The van der Waals surface area contributed by atoms with Gasteiger partial charge in [0, 0.05) is 11.6 Å². The van der Waals surface area contributed by atoms with Crippen LogP contribution in [0.5, 0.6) is 5.75 Å². The molecular formula is C23H17Cl2F2N5O3S. The average molecular weight is 552 g/mol. The van der Waals surface area contributed by atoms with E-state index in [1.807, 2.05) is 0 Å². The van der Waals surface area contributed by atoms with Crippen LogP contribution in [0.1, 0.15) is 56.6 Å². The van der Waals surface area contributed by atoms with E-state index in [9.17, 15) is 18.4 Å². The Hall–Kier alpha value is -3.28. The Balaban J connectivity index is 1.43. The third-order valence-corrected chi connectivity index (χ3v) is 7.24. The molecule has 1 fully saturated rings. The predicted molar refractivity (Wildman–Crippen MR) is 132 cm³/mol. The number of primary amides is 1. The van der Waals surface area contributed by atoms with E-state index in [-0.39, 0.29) is 45.2 Å². The van der Waals surface area contributed by atoms with E-state index in [1.165, 1.54) is 23.0 Å². The number of fused-ring (bicyclic) bond motifs is 1. The van der Waals surface area contributed by atoms with Gasteiger partial charge in [0.15, 0.2) is 18.2 Å². The van der Waals surface area contributed by atoms with Gasteiger partial charge in [-0.2, -0.15) is 5.10 Å². The zero-order chi connectivity index (χ0) is 25.6. The van der Waals surface area contributed by atoms with Gasteiger partial charge in [0.1, 0.15) is 15.4 Å². The molecule has 0 bridgehead atoms. The van der Waals surface area contributed by atoms with Crippen LogP contribution in [0.2, 0.25) is 10.0 Å². The van der Waals surface area contributed by atoms with Crippen molar-refractivity contribution in [2.45, 2.75) is 31.9 Å². The van der Waals surface area contributed by atoms with E-state index in [1.54, 1.807) is 18.2 Å². The molecule has 1 saturated carbocycles. The van der Waals surface area contributed by atoms with Gasteiger partial charge in [-0.3, -0.25) is 9.59 Å². The minimum Gasteiger partial charge on any atom is -0.468 e. The number of rotatable bonds is 8. The van der Waals surface area contributed by atoms with Gasteiger partial charge in [-0.05, 0) is 48.6 Å². The number of ether oxygens (including phenoxy) is 1. The third-order valence-electron chi connectivity index (χ3n) is 5.55. The quantitative estimate of drug-likeness (QED) is 0.278. The van der Waals surface area contributed by atoms with Crippen LogP contribution in [0, 0.1) is 0 Å². The number of carbonyl (C=O) groups excluding carboxylic acids is 2. The second-order valence-corrected chi connectivity index (χ2v) is 9.89. The summed E-state index contributed by atoms with van der Waals surface area (Å²) in [6.45, 7) is -0.0726. The van der Waals surface area contributed by atoms with E-state index >= 15 is 0 Å². The van der Waals surface area contributed by atoms with Crippen molar-refractivity contribution >= 4 is 62.3 Å². The minimum atomic E-state index is -2.77. The lowest BCUT2D eigenvalue weighted by Gasteiger charge is -2.10. The molecule has 13 heteroatoms. The number of hydrogen-bond donors (Lipinski definition) is 2. The van der Waals surface area contributed by atoms with Crippen molar-refractivity contribution in [3.63, 3.8) is 0 Å². The van der Waals surface area contributed by atoms with Crippen molar-refractivity contribution in [1.29, 1.82) is 0 Å². The number of aromatic nitrogens is 3. The predicted octanol–water partition coefficient (Wildman–Crippen LogP) is 6.00. The number of nitrogens with one attached hydrogen (secondary N) is 1. The van der Waals surface area contributed by atoms with Crippen molar-refractivity contribution < 1.29 is 23.1 Å². The van der Waals surface area contributed by atoms with Crippen LogP contribution in [0.25, 0.3) is 10.2 Å². The molecule has 5 rings (SSSR count). The highest BCUT2D eigenvalue weighted by Gasteiger charge is 2.32. The fraction of sp³-hybridized carbons (Fsp3) is 0.217. The number of pyridine rings is 1. The number of anilines is 1. The summed E-state index contributed by atoms with van der Waals surface area (Å²) < 4.78 is 33.8. The van der Waals surface area contributed by atoms with Gasteiger partial charge in [0.05, 0.1) is 15.7 Å². The highest BCUT2D eigenvalue weighted by molar-refractivity contribution is 7.21. The average Bonchev–Trinajstić information content (AvgIpc) is 3.46. The molecule has 1 aromatic carbocycles. The lowest BCUT2D eigenvalue weighted by Crippen LogP contribution is -2.18. The highest BCUT2D eigenvalue weighted by atomic mass is 35.5. The van der Waals surface area contributed by atoms with Crippen LogP contribution in [-0.4, -0.2) is 26.6 Å². The van der Waals surface area contributed by atoms with Gasteiger partial charge in [0.2, 0.25) is 0 Å². The molecular weight excluding hydrogens is 535 g/mol. The van der Waals surface area contributed by atoms with Crippen LogP contribution >= 0.6 is 34.5 Å². The maximum Gasteiger partial charge on any atom is 0.280 e. The molecule has 0 atom stereocenters. The maximum absolute atomic E-state index is 13.4. The summed E-state index contributed by atoms with van der Waals surface area (Å²) >= 11 is 13.1. The first-order valence-electron chi connectivity index (χ1n) is 10.7. The van der Waals surface area contributed by atoms with Gasteiger partial charge in [0.25, 0.3) is 18.2 Å². The summed E-state index contributed by atoms with van der Waals surface area (Å²) in [7, 11) is 0. The molecule has 1 aliphatic rings. The van der Waals surface area contributed by atoms with Gasteiger partial charge in [-0.1, -0.05) is 29.3 Å². The van der Waals surface area contributed by atoms with Crippen molar-refractivity contribution in [3.05, 3.63) is 68.4 Å². The van der Waals surface area contributed by atoms with E-state index < -0.39 is 18.2 Å². The van der Waals surface area contributed by atoms with E-state index in [0.29, 0.717) is 21.0 Å². The second-order valence-electron chi connectivity index (χ2n) is 8.08. The number of carbonyl (C=O) groups is 2. The fourth-order valence-corrected chi connectivity index (χ4v) is 5.28. The standard InChI is InChI=1S/C23H17Cl2F2N5O3S/c24-12-2-1-3-13(25)18(12)35-9-32-7-6-14(31-32)22(34)30-17-16-11(10-4-5-10)8-15(20(26)27)29-23(16)36-19(17)21(28)33/h1-3,6-8,10,20H,4-5,9H2,(H2,28,33)(H,30,34). The number of thiophene rings is 1. The van der Waals surface area contributed by atoms with E-state index in [0.717, 1.165) is 24.2 Å². The number of para-hydroxylation sites is 1. The summed E-state index contributed by atoms with van der Waals surface area (Å²) in [5, 5.41) is 7.98. The van der Waals surface area contributed by atoms with Crippen molar-refractivity contribution in [2.75, 3.05) is 5.32 Å². The largest absolute Gasteiger partial charge is 0.468 e. The maximum atomic E-state index is 13.4. The lowest BCUT2D eigenvalue weighted by atomic mass is 10.0. The summed E-state index contributed by atoms with van der Waals surface area (Å²) in [6, 6.07) is 7.73. The van der Waals surface area contributed by atoms with Crippen molar-refractivity contribution in [2.24, 2.45) is 5.73 Å². The van der Waals surface area contributed by atoms with Crippen molar-refractivity contribution in [1.82, 2.24) is 14.8 Å². The van der Waals surface area contributed by atoms with Gasteiger partial charge in [-0.25, -0.2) is 18.4 Å². The lowest BCUT2D eigenvalue weighted by molar-refractivity contribution is 0.100. The first-order valence-corrected chi connectivity index (χ1v) is 12.3. The normalized spacial score (nSPS) is 13.4. The van der Waals surface area contributed by atoms with Crippen LogP contribution in [-0.2, 0) is 6.73 Å². The number of nitrogens with zero attached hydrogens (tertiary/aromatic N) is 3. The minimum absolute atomic E-state index is 0.0234. The monoisotopic (exact) mass is 551 g/mol. The molecule has 1 aliphatic carbocycles. The molecule has 0 saturated heterocycles. The zero-order valence-corrected chi connectivity index (χ0v) is 20.6. The Kier molecular flexibility index (Phi) is 6.54. The van der Waals surface area contributed by atoms with Crippen LogP contribution < -0.4 is 15.8 Å². The Bertz CT molecular complexity index is 1480. The third kappa shape index (κ3) is 4.73. The highest BCUT2D eigenvalue weighted by Crippen LogP contribution is 2.48. The zero-order valence-electron chi connectivity index (χ0n) is 18.3. The number of nitrogens with two attached hydrogens (primary N) is 1. The van der Waals surface area contributed by atoms with Gasteiger partial charge < -0.3 is 15.8 Å². The first-order chi connectivity index (χ1) is 17.2. The Labute approximate surface area is 217 Å². The first kappa shape index (κ1) is 24.4. The van der Waals surface area contributed by atoms with E-state index in [2.05, 4.69) is 15.4 Å². The number of amides is 2. The number of halogens is 4. The molecule has 4 aromatic rings.